The lowest BCUT2D eigenvalue weighted by Gasteiger charge is -2.32. The van der Waals surface area contributed by atoms with E-state index in [0.29, 0.717) is 12.3 Å². The van der Waals surface area contributed by atoms with Crippen LogP contribution in [0.5, 0.6) is 0 Å². The number of esters is 1. The van der Waals surface area contributed by atoms with Crippen LogP contribution < -0.4 is 0 Å². The molecule has 1 rings (SSSR count). The van der Waals surface area contributed by atoms with Gasteiger partial charge in [-0.2, -0.15) is 0 Å². The van der Waals surface area contributed by atoms with Crippen molar-refractivity contribution in [3.8, 4) is 0 Å². The Hall–Kier alpha value is -0.570. The Labute approximate surface area is 98.2 Å². The largest absolute Gasteiger partial charge is 0.469 e. The van der Waals surface area contributed by atoms with E-state index in [4.69, 9.17) is 0 Å². The molecule has 0 heterocycles. The first-order chi connectivity index (χ1) is 7.54. The van der Waals surface area contributed by atoms with Crippen LogP contribution in [-0.4, -0.2) is 24.3 Å². The zero-order valence-corrected chi connectivity index (χ0v) is 10.6. The van der Waals surface area contributed by atoms with Gasteiger partial charge >= 0.3 is 5.97 Å². The van der Waals surface area contributed by atoms with Crippen molar-refractivity contribution in [2.45, 2.75) is 52.1 Å². The summed E-state index contributed by atoms with van der Waals surface area (Å²) in [5.74, 6) is 0.941. The fraction of sp³-hybridized carbons (Fsp3) is 0.923. The molecule has 3 nitrogen and oxygen atoms in total. The number of methoxy groups -OCH3 is 1. The maximum Gasteiger partial charge on any atom is 0.305 e. The molecule has 0 saturated heterocycles. The van der Waals surface area contributed by atoms with Gasteiger partial charge in [0, 0.05) is 0 Å². The van der Waals surface area contributed by atoms with Crippen molar-refractivity contribution >= 4 is 5.97 Å². The van der Waals surface area contributed by atoms with E-state index in [-0.39, 0.29) is 18.0 Å². The molecule has 1 fully saturated rings. The number of ether oxygens (including phenoxy) is 1. The second kappa shape index (κ2) is 6.24. The minimum atomic E-state index is -0.355. The highest BCUT2D eigenvalue weighted by molar-refractivity contribution is 5.69. The number of rotatable bonds is 4. The van der Waals surface area contributed by atoms with Crippen LogP contribution in [-0.2, 0) is 9.53 Å². The predicted octanol–water partition coefficient (Wildman–Crippen LogP) is 2.37. The van der Waals surface area contributed by atoms with E-state index < -0.39 is 0 Å². The maximum atomic E-state index is 11.1. The van der Waals surface area contributed by atoms with Crippen LogP contribution in [0.4, 0.5) is 0 Å². The monoisotopic (exact) mass is 228 g/mol. The summed E-state index contributed by atoms with van der Waals surface area (Å²) in [6.07, 6.45) is 4.55. The number of aliphatic hydroxyl groups is 1. The van der Waals surface area contributed by atoms with Gasteiger partial charge in [0.15, 0.2) is 0 Å². The van der Waals surface area contributed by atoms with Crippen LogP contribution in [0.25, 0.3) is 0 Å². The molecule has 3 heteroatoms. The van der Waals surface area contributed by atoms with Crippen LogP contribution in [0, 0.1) is 17.8 Å². The van der Waals surface area contributed by atoms with Gasteiger partial charge in [0.1, 0.15) is 0 Å². The third-order valence-corrected chi connectivity index (χ3v) is 3.84. The lowest BCUT2D eigenvalue weighted by atomic mass is 9.77. The Balaban J connectivity index is 2.38. The van der Waals surface area contributed by atoms with Gasteiger partial charge in [-0.1, -0.05) is 26.7 Å². The molecule has 2 unspecified atom stereocenters. The first-order valence-electron chi connectivity index (χ1n) is 6.29. The van der Waals surface area contributed by atoms with E-state index in [1.807, 2.05) is 6.92 Å². The quantitative estimate of drug-likeness (QED) is 0.751. The van der Waals surface area contributed by atoms with E-state index in [9.17, 15) is 9.90 Å². The third kappa shape index (κ3) is 3.78. The van der Waals surface area contributed by atoms with E-state index in [2.05, 4.69) is 11.7 Å². The van der Waals surface area contributed by atoms with Gasteiger partial charge in [-0.15, -0.1) is 0 Å². The normalized spacial score (nSPS) is 29.5. The van der Waals surface area contributed by atoms with Crippen molar-refractivity contribution in [1.82, 2.24) is 0 Å². The Morgan fingerprint density at radius 3 is 2.44 bits per heavy atom. The lowest BCUT2D eigenvalue weighted by Crippen LogP contribution is -2.31. The first kappa shape index (κ1) is 13.5. The fourth-order valence-electron chi connectivity index (χ4n) is 2.56. The number of hydrogen-bond donors (Lipinski definition) is 1. The molecular formula is C13H24O3. The summed E-state index contributed by atoms with van der Waals surface area (Å²) in [5, 5.41) is 10.2. The summed E-state index contributed by atoms with van der Waals surface area (Å²) in [6, 6.07) is 0. The average Bonchev–Trinajstić information content (AvgIpc) is 2.28. The highest BCUT2D eigenvalue weighted by atomic mass is 16.5. The van der Waals surface area contributed by atoms with Gasteiger partial charge in [-0.25, -0.2) is 0 Å². The molecule has 2 atom stereocenters. The molecule has 0 amide bonds. The van der Waals surface area contributed by atoms with Crippen LogP contribution in [0.1, 0.15) is 46.0 Å². The number of carbonyl (C=O) groups excluding carboxylic acids is 1. The van der Waals surface area contributed by atoms with Gasteiger partial charge in [0.2, 0.25) is 0 Å². The van der Waals surface area contributed by atoms with Gasteiger partial charge < -0.3 is 9.84 Å². The van der Waals surface area contributed by atoms with Crippen molar-refractivity contribution < 1.29 is 14.6 Å². The molecule has 0 aliphatic heterocycles. The smallest absolute Gasteiger partial charge is 0.305 e. The maximum absolute atomic E-state index is 11.1. The van der Waals surface area contributed by atoms with Crippen LogP contribution in [0.2, 0.25) is 0 Å². The minimum absolute atomic E-state index is 0.00542. The molecule has 94 valence electrons. The topological polar surface area (TPSA) is 46.5 Å². The highest BCUT2D eigenvalue weighted by Crippen LogP contribution is 2.33. The molecular weight excluding hydrogens is 204 g/mol. The SMILES string of the molecule is COC(=O)CC(C)C(O)C1CCC(C)CC1. The van der Waals surface area contributed by atoms with Gasteiger partial charge in [0.05, 0.1) is 19.6 Å². The van der Waals surface area contributed by atoms with E-state index in [1.165, 1.54) is 20.0 Å². The van der Waals surface area contributed by atoms with Crippen LogP contribution in [0.15, 0.2) is 0 Å². The minimum Gasteiger partial charge on any atom is -0.469 e. The number of carbonyl (C=O) groups is 1. The Bertz CT molecular complexity index is 219. The van der Waals surface area contributed by atoms with Gasteiger partial charge in [-0.05, 0) is 30.6 Å². The summed E-state index contributed by atoms with van der Waals surface area (Å²) in [7, 11) is 1.39. The van der Waals surface area contributed by atoms with Crippen LogP contribution >= 0.6 is 0 Å². The third-order valence-electron chi connectivity index (χ3n) is 3.84. The standard InChI is InChI=1S/C13H24O3/c1-9-4-6-11(7-5-9)13(15)10(2)8-12(14)16-3/h9-11,13,15H,4-8H2,1-3H3. The Morgan fingerprint density at radius 2 is 1.94 bits per heavy atom. The van der Waals surface area contributed by atoms with Gasteiger partial charge in [-0.3, -0.25) is 4.79 Å². The first-order valence-corrected chi connectivity index (χ1v) is 6.29. The number of hydrogen-bond acceptors (Lipinski definition) is 3. The zero-order chi connectivity index (χ0) is 12.1. The summed E-state index contributed by atoms with van der Waals surface area (Å²) < 4.78 is 4.63. The van der Waals surface area contributed by atoms with Gasteiger partial charge in [0.25, 0.3) is 0 Å². The summed E-state index contributed by atoms with van der Waals surface area (Å²) in [5.41, 5.74) is 0. The summed E-state index contributed by atoms with van der Waals surface area (Å²) in [4.78, 5) is 11.1. The lowest BCUT2D eigenvalue weighted by molar-refractivity contribution is -0.143. The molecule has 0 spiro atoms. The van der Waals surface area contributed by atoms with Crippen molar-refractivity contribution in [1.29, 1.82) is 0 Å². The summed E-state index contributed by atoms with van der Waals surface area (Å²) in [6.45, 7) is 4.19. The van der Waals surface area contributed by atoms with Crippen molar-refractivity contribution in [3.05, 3.63) is 0 Å². The average molecular weight is 228 g/mol. The second-order valence-electron chi connectivity index (χ2n) is 5.27. The molecule has 1 aliphatic rings. The molecule has 16 heavy (non-hydrogen) atoms. The molecule has 0 aromatic heterocycles. The molecule has 0 bridgehead atoms. The van der Waals surface area contributed by atoms with Crippen molar-refractivity contribution in [3.63, 3.8) is 0 Å². The molecule has 1 N–H and O–H groups in total. The second-order valence-corrected chi connectivity index (χ2v) is 5.27. The van der Waals surface area contributed by atoms with Crippen molar-refractivity contribution in [2.75, 3.05) is 7.11 Å². The molecule has 1 aliphatic carbocycles. The fourth-order valence-corrected chi connectivity index (χ4v) is 2.56. The Kier molecular flexibility index (Phi) is 5.26. The van der Waals surface area contributed by atoms with E-state index in [0.717, 1.165) is 18.8 Å². The summed E-state index contributed by atoms with van der Waals surface area (Å²) >= 11 is 0. The number of aliphatic hydroxyl groups excluding tert-OH is 1. The molecule has 0 aromatic carbocycles. The van der Waals surface area contributed by atoms with E-state index >= 15 is 0 Å². The van der Waals surface area contributed by atoms with Crippen LogP contribution in [0.3, 0.4) is 0 Å². The Morgan fingerprint density at radius 1 is 1.38 bits per heavy atom. The van der Waals surface area contributed by atoms with Crippen molar-refractivity contribution in [2.24, 2.45) is 17.8 Å². The predicted molar refractivity (Wildman–Crippen MR) is 62.9 cm³/mol. The molecule has 1 saturated carbocycles. The highest BCUT2D eigenvalue weighted by Gasteiger charge is 2.29. The molecule has 0 aromatic rings. The zero-order valence-electron chi connectivity index (χ0n) is 10.6. The van der Waals surface area contributed by atoms with E-state index in [1.54, 1.807) is 0 Å². The molecule has 0 radical (unpaired) electrons.